The number of para-hydroxylation sites is 1. The SMILES string of the molecule is CN(C)[C@@H]1CC[C@@H](NC(=O)c2ccn(-c3ccccc3)n2)C1. The number of hydrogen-bond donors (Lipinski definition) is 1. The third-order valence-corrected chi connectivity index (χ3v) is 4.31. The predicted octanol–water partition coefficient (Wildman–Crippen LogP) is 2.08. The van der Waals surface area contributed by atoms with E-state index in [1.54, 1.807) is 10.7 Å². The summed E-state index contributed by atoms with van der Waals surface area (Å²) in [5, 5.41) is 7.47. The lowest BCUT2D eigenvalue weighted by Gasteiger charge is -2.19. The zero-order chi connectivity index (χ0) is 15.5. The van der Waals surface area contributed by atoms with Crippen molar-refractivity contribution in [3.63, 3.8) is 0 Å². The van der Waals surface area contributed by atoms with Crippen LogP contribution in [0.15, 0.2) is 42.6 Å². The van der Waals surface area contributed by atoms with Crippen LogP contribution < -0.4 is 5.32 Å². The largest absolute Gasteiger partial charge is 0.348 e. The first-order chi connectivity index (χ1) is 10.6. The number of amides is 1. The Bertz CT molecular complexity index is 635. The number of nitrogens with one attached hydrogen (secondary N) is 1. The number of benzene rings is 1. The Morgan fingerprint density at radius 3 is 2.68 bits per heavy atom. The van der Waals surface area contributed by atoms with Gasteiger partial charge in [-0.3, -0.25) is 4.79 Å². The molecule has 1 amide bonds. The molecule has 1 fully saturated rings. The van der Waals surface area contributed by atoms with Crippen molar-refractivity contribution in [2.75, 3.05) is 14.1 Å². The van der Waals surface area contributed by atoms with Gasteiger partial charge >= 0.3 is 0 Å². The van der Waals surface area contributed by atoms with Crippen LogP contribution in [0.25, 0.3) is 5.69 Å². The van der Waals surface area contributed by atoms with Gasteiger partial charge in [0.25, 0.3) is 5.91 Å². The molecule has 3 rings (SSSR count). The normalized spacial score (nSPS) is 21.2. The Morgan fingerprint density at radius 2 is 2.00 bits per heavy atom. The molecule has 1 heterocycles. The molecule has 1 aliphatic rings. The first kappa shape index (κ1) is 14.8. The second-order valence-electron chi connectivity index (χ2n) is 6.08. The van der Waals surface area contributed by atoms with Crippen molar-refractivity contribution in [2.24, 2.45) is 0 Å². The summed E-state index contributed by atoms with van der Waals surface area (Å²) in [5.74, 6) is -0.0842. The lowest BCUT2D eigenvalue weighted by molar-refractivity contribution is 0.0931. The summed E-state index contributed by atoms with van der Waals surface area (Å²) in [5.41, 5.74) is 1.42. The lowest BCUT2D eigenvalue weighted by atomic mass is 10.2. The summed E-state index contributed by atoms with van der Waals surface area (Å²) in [4.78, 5) is 14.6. The maximum atomic E-state index is 12.3. The van der Waals surface area contributed by atoms with E-state index in [1.807, 2.05) is 36.5 Å². The Labute approximate surface area is 130 Å². The fourth-order valence-electron chi connectivity index (χ4n) is 2.99. The Hall–Kier alpha value is -2.14. The van der Waals surface area contributed by atoms with E-state index >= 15 is 0 Å². The summed E-state index contributed by atoms with van der Waals surface area (Å²) < 4.78 is 1.73. The van der Waals surface area contributed by atoms with Crippen LogP contribution in [0.2, 0.25) is 0 Å². The molecule has 1 aromatic carbocycles. The van der Waals surface area contributed by atoms with E-state index in [4.69, 9.17) is 0 Å². The first-order valence-corrected chi connectivity index (χ1v) is 7.72. The minimum atomic E-state index is -0.0842. The number of hydrogen-bond acceptors (Lipinski definition) is 3. The monoisotopic (exact) mass is 298 g/mol. The van der Waals surface area contributed by atoms with E-state index < -0.39 is 0 Å². The number of aromatic nitrogens is 2. The van der Waals surface area contributed by atoms with Crippen molar-refractivity contribution in [2.45, 2.75) is 31.3 Å². The maximum Gasteiger partial charge on any atom is 0.272 e. The molecule has 0 aliphatic heterocycles. The average molecular weight is 298 g/mol. The van der Waals surface area contributed by atoms with Gasteiger partial charge in [0.2, 0.25) is 0 Å². The Morgan fingerprint density at radius 1 is 1.23 bits per heavy atom. The quantitative estimate of drug-likeness (QED) is 0.940. The van der Waals surface area contributed by atoms with Crippen LogP contribution in [-0.4, -0.2) is 46.8 Å². The summed E-state index contributed by atoms with van der Waals surface area (Å²) in [6.07, 6.45) is 5.00. The molecule has 0 bridgehead atoms. The van der Waals surface area contributed by atoms with Gasteiger partial charge in [-0.25, -0.2) is 4.68 Å². The maximum absolute atomic E-state index is 12.3. The molecule has 2 aromatic rings. The molecule has 0 saturated heterocycles. The first-order valence-electron chi connectivity index (χ1n) is 7.72. The van der Waals surface area contributed by atoms with E-state index in [0.29, 0.717) is 11.7 Å². The van der Waals surface area contributed by atoms with E-state index in [9.17, 15) is 4.79 Å². The highest BCUT2D eigenvalue weighted by atomic mass is 16.2. The molecule has 0 spiro atoms. The summed E-state index contributed by atoms with van der Waals surface area (Å²) in [7, 11) is 4.19. The van der Waals surface area contributed by atoms with Crippen LogP contribution >= 0.6 is 0 Å². The van der Waals surface area contributed by atoms with E-state index in [0.717, 1.165) is 24.9 Å². The van der Waals surface area contributed by atoms with Gasteiger partial charge in [0.15, 0.2) is 5.69 Å². The summed E-state index contributed by atoms with van der Waals surface area (Å²) in [6, 6.07) is 12.4. The van der Waals surface area contributed by atoms with Crippen molar-refractivity contribution >= 4 is 5.91 Å². The van der Waals surface area contributed by atoms with Gasteiger partial charge in [-0.1, -0.05) is 18.2 Å². The number of rotatable bonds is 4. The number of carbonyl (C=O) groups is 1. The molecule has 1 aliphatic carbocycles. The number of carbonyl (C=O) groups excluding carboxylic acids is 1. The van der Waals surface area contributed by atoms with Crippen molar-refractivity contribution in [1.82, 2.24) is 20.0 Å². The molecule has 22 heavy (non-hydrogen) atoms. The van der Waals surface area contributed by atoms with Crippen molar-refractivity contribution in [3.05, 3.63) is 48.3 Å². The van der Waals surface area contributed by atoms with Crippen LogP contribution in [0.3, 0.4) is 0 Å². The van der Waals surface area contributed by atoms with Crippen LogP contribution in [0.4, 0.5) is 0 Å². The Kier molecular flexibility index (Phi) is 4.24. The zero-order valence-corrected chi connectivity index (χ0v) is 13.1. The molecule has 1 saturated carbocycles. The lowest BCUT2D eigenvalue weighted by Crippen LogP contribution is -2.35. The Balaban J connectivity index is 1.63. The highest BCUT2D eigenvalue weighted by molar-refractivity contribution is 5.92. The fourth-order valence-corrected chi connectivity index (χ4v) is 2.99. The van der Waals surface area contributed by atoms with Crippen LogP contribution in [0.1, 0.15) is 29.8 Å². The molecule has 5 nitrogen and oxygen atoms in total. The zero-order valence-electron chi connectivity index (χ0n) is 13.1. The molecule has 0 unspecified atom stereocenters. The third kappa shape index (κ3) is 3.20. The van der Waals surface area contributed by atoms with Gasteiger partial charge in [0.1, 0.15) is 0 Å². The highest BCUT2D eigenvalue weighted by Gasteiger charge is 2.27. The van der Waals surface area contributed by atoms with Crippen molar-refractivity contribution < 1.29 is 4.79 Å². The molecule has 2 atom stereocenters. The average Bonchev–Trinajstić information content (AvgIpc) is 3.17. The number of nitrogens with zero attached hydrogens (tertiary/aromatic N) is 3. The highest BCUT2D eigenvalue weighted by Crippen LogP contribution is 2.22. The molecular formula is C17H22N4O. The molecule has 0 radical (unpaired) electrons. The molecule has 1 N–H and O–H groups in total. The molecule has 116 valence electrons. The van der Waals surface area contributed by atoms with Crippen molar-refractivity contribution in [3.8, 4) is 5.69 Å². The van der Waals surface area contributed by atoms with Crippen LogP contribution in [0.5, 0.6) is 0 Å². The summed E-state index contributed by atoms with van der Waals surface area (Å²) in [6.45, 7) is 0. The van der Waals surface area contributed by atoms with Crippen LogP contribution in [0, 0.1) is 0 Å². The fraction of sp³-hybridized carbons (Fsp3) is 0.412. The van der Waals surface area contributed by atoms with Gasteiger partial charge in [0.05, 0.1) is 5.69 Å². The van der Waals surface area contributed by atoms with Crippen LogP contribution in [-0.2, 0) is 0 Å². The van der Waals surface area contributed by atoms with Gasteiger partial charge in [-0.2, -0.15) is 5.10 Å². The summed E-state index contributed by atoms with van der Waals surface area (Å²) >= 11 is 0. The minimum Gasteiger partial charge on any atom is -0.348 e. The van der Waals surface area contributed by atoms with Gasteiger partial charge in [0, 0.05) is 18.3 Å². The smallest absolute Gasteiger partial charge is 0.272 e. The standard InChI is InChI=1S/C17H22N4O/c1-20(2)15-9-8-13(12-15)18-17(22)16-10-11-21(19-16)14-6-4-3-5-7-14/h3-7,10-11,13,15H,8-9,12H2,1-2H3,(H,18,22)/t13-,15-/m1/s1. The minimum absolute atomic E-state index is 0.0842. The van der Waals surface area contributed by atoms with Gasteiger partial charge < -0.3 is 10.2 Å². The third-order valence-electron chi connectivity index (χ3n) is 4.31. The molecule has 5 heteroatoms. The van der Waals surface area contributed by atoms with Gasteiger partial charge in [-0.05, 0) is 51.6 Å². The van der Waals surface area contributed by atoms with E-state index in [1.165, 1.54) is 0 Å². The van der Waals surface area contributed by atoms with E-state index in [-0.39, 0.29) is 11.9 Å². The second kappa shape index (κ2) is 6.32. The molecular weight excluding hydrogens is 276 g/mol. The topological polar surface area (TPSA) is 50.2 Å². The van der Waals surface area contributed by atoms with E-state index in [2.05, 4.69) is 29.4 Å². The predicted molar refractivity (Wildman–Crippen MR) is 86.1 cm³/mol. The molecule has 1 aromatic heterocycles. The van der Waals surface area contributed by atoms with Crippen molar-refractivity contribution in [1.29, 1.82) is 0 Å². The van der Waals surface area contributed by atoms with Gasteiger partial charge in [-0.15, -0.1) is 0 Å². The second-order valence-corrected chi connectivity index (χ2v) is 6.08.